The minimum atomic E-state index is -0.236. The van der Waals surface area contributed by atoms with Crippen LogP contribution >= 0.6 is 0 Å². The van der Waals surface area contributed by atoms with Crippen LogP contribution in [0.15, 0.2) is 30.4 Å². The van der Waals surface area contributed by atoms with Crippen molar-refractivity contribution in [2.24, 2.45) is 0 Å². The predicted molar refractivity (Wildman–Crippen MR) is 135 cm³/mol. The Balaban J connectivity index is 1.63. The summed E-state index contributed by atoms with van der Waals surface area (Å²) in [4.78, 5) is 9.18. The van der Waals surface area contributed by atoms with Gasteiger partial charge in [-0.05, 0) is 82.1 Å². The molecule has 0 aliphatic carbocycles. The Bertz CT molecular complexity index is 1180. The van der Waals surface area contributed by atoms with Gasteiger partial charge in [0.2, 0.25) is 0 Å². The molecule has 4 nitrogen and oxygen atoms in total. The standard InChI is InChI=1S/C27H37FN4/c1-7-32(17-18(2)3)14-13-29-12-8-9-23-19(4)27(31-20(23)5)16-24-21(6)30-26-11-10-22(28)15-25(24)26/h10-11,15-16,29-31H,2,6-9,12-14,17H2,1,3-5H3/b24-16+. The monoisotopic (exact) mass is 436 g/mol. The number of nitrogens with one attached hydrogen (secondary N) is 3. The lowest BCUT2D eigenvalue weighted by atomic mass is 10.0. The highest BCUT2D eigenvalue weighted by Gasteiger charge is 2.11. The molecule has 32 heavy (non-hydrogen) atoms. The summed E-state index contributed by atoms with van der Waals surface area (Å²) in [5, 5.41) is 6.17. The average Bonchev–Trinajstić information content (AvgIpc) is 3.19. The zero-order chi connectivity index (χ0) is 23.3. The third-order valence-electron chi connectivity index (χ3n) is 6.13. The molecule has 3 N–H and O–H groups in total. The fourth-order valence-electron chi connectivity index (χ4n) is 4.37. The van der Waals surface area contributed by atoms with E-state index in [9.17, 15) is 4.39 Å². The summed E-state index contributed by atoms with van der Waals surface area (Å²) in [5.41, 5.74) is 7.00. The van der Waals surface area contributed by atoms with Crippen LogP contribution in [0.3, 0.4) is 0 Å². The summed E-state index contributed by atoms with van der Waals surface area (Å²) in [6.45, 7) is 21.7. The quantitative estimate of drug-likeness (QED) is 0.315. The topological polar surface area (TPSA) is 46.8 Å². The van der Waals surface area contributed by atoms with Gasteiger partial charge in [0.1, 0.15) is 5.82 Å². The number of H-pyrrole nitrogens is 2. The molecule has 0 saturated carbocycles. The Morgan fingerprint density at radius 2 is 2.00 bits per heavy atom. The number of fused-ring (bicyclic) bond motifs is 1. The van der Waals surface area contributed by atoms with Gasteiger partial charge >= 0.3 is 0 Å². The molecule has 0 spiro atoms. The first-order valence-electron chi connectivity index (χ1n) is 11.5. The molecule has 5 heteroatoms. The molecular weight excluding hydrogens is 399 g/mol. The Kier molecular flexibility index (Phi) is 8.10. The maximum absolute atomic E-state index is 13.8. The average molecular weight is 437 g/mol. The van der Waals surface area contributed by atoms with Crippen molar-refractivity contribution in [3.8, 4) is 0 Å². The Labute approximate surface area is 190 Å². The van der Waals surface area contributed by atoms with Crippen molar-refractivity contribution in [1.82, 2.24) is 20.2 Å². The Morgan fingerprint density at radius 3 is 2.72 bits per heavy atom. The maximum atomic E-state index is 13.8. The number of aromatic nitrogens is 2. The molecule has 0 atom stereocenters. The molecule has 2 aromatic heterocycles. The van der Waals surface area contributed by atoms with Crippen molar-refractivity contribution in [3.05, 3.63) is 69.3 Å². The smallest absolute Gasteiger partial charge is 0.123 e. The van der Waals surface area contributed by atoms with Crippen LogP contribution in [0.4, 0.5) is 4.39 Å². The number of hydrogen-bond acceptors (Lipinski definition) is 2. The Hall–Kier alpha value is -2.63. The molecule has 0 saturated heterocycles. The van der Waals surface area contributed by atoms with Gasteiger partial charge in [0, 0.05) is 52.5 Å². The number of likely N-dealkylation sites (N-methyl/N-ethyl adjacent to an activating group) is 1. The number of aryl methyl sites for hydroxylation is 1. The number of aromatic amines is 2. The normalized spacial score (nSPS) is 12.4. The summed E-state index contributed by atoms with van der Waals surface area (Å²) in [7, 11) is 0. The SMILES string of the molecule is C=C(C)CN(CC)CCNCCCc1c(C)[nH]c(/C=c2\c(=C)[nH]c3ccc(F)cc23)c1C. The molecule has 0 fully saturated rings. The minimum Gasteiger partial charge on any atom is -0.359 e. The van der Waals surface area contributed by atoms with E-state index >= 15 is 0 Å². The first-order valence-corrected chi connectivity index (χ1v) is 11.5. The van der Waals surface area contributed by atoms with E-state index in [4.69, 9.17) is 0 Å². The van der Waals surface area contributed by atoms with E-state index in [0.29, 0.717) is 0 Å². The highest BCUT2D eigenvalue weighted by molar-refractivity contribution is 5.82. The molecule has 0 bridgehead atoms. The van der Waals surface area contributed by atoms with Crippen LogP contribution in [0.2, 0.25) is 0 Å². The summed E-state index contributed by atoms with van der Waals surface area (Å²) in [6, 6.07) is 4.80. The molecule has 3 aromatic rings. The first-order chi connectivity index (χ1) is 15.3. The lowest BCUT2D eigenvalue weighted by molar-refractivity contribution is 0.310. The van der Waals surface area contributed by atoms with Crippen molar-refractivity contribution in [3.63, 3.8) is 0 Å². The van der Waals surface area contributed by atoms with Crippen LogP contribution in [0, 0.1) is 19.7 Å². The zero-order valence-electron chi connectivity index (χ0n) is 20.0. The summed E-state index contributed by atoms with van der Waals surface area (Å²) in [5.74, 6) is -0.236. The van der Waals surface area contributed by atoms with Crippen molar-refractivity contribution >= 4 is 23.6 Å². The number of nitrogens with zero attached hydrogens (tertiary/aromatic N) is 1. The van der Waals surface area contributed by atoms with E-state index in [1.54, 1.807) is 12.1 Å². The van der Waals surface area contributed by atoms with E-state index in [-0.39, 0.29) is 5.82 Å². The first kappa shape index (κ1) is 24.0. The number of hydrogen-bond donors (Lipinski definition) is 3. The molecule has 1 aromatic carbocycles. The Morgan fingerprint density at radius 1 is 1.22 bits per heavy atom. The molecule has 0 amide bonds. The molecule has 0 aliphatic rings. The van der Waals surface area contributed by atoms with Gasteiger partial charge in [-0.15, -0.1) is 0 Å². The zero-order valence-corrected chi connectivity index (χ0v) is 20.0. The summed E-state index contributed by atoms with van der Waals surface area (Å²) < 4.78 is 13.8. The summed E-state index contributed by atoms with van der Waals surface area (Å²) >= 11 is 0. The number of halogens is 1. The van der Waals surface area contributed by atoms with Crippen molar-refractivity contribution in [2.45, 2.75) is 40.5 Å². The van der Waals surface area contributed by atoms with Crippen LogP contribution in [-0.4, -0.2) is 47.6 Å². The van der Waals surface area contributed by atoms with Gasteiger partial charge in [-0.1, -0.05) is 25.7 Å². The van der Waals surface area contributed by atoms with Crippen LogP contribution in [0.25, 0.3) is 23.6 Å². The maximum Gasteiger partial charge on any atom is 0.123 e. The second-order valence-electron chi connectivity index (χ2n) is 8.80. The van der Waals surface area contributed by atoms with E-state index < -0.39 is 0 Å². The highest BCUT2D eigenvalue weighted by atomic mass is 19.1. The van der Waals surface area contributed by atoms with Gasteiger partial charge < -0.3 is 15.3 Å². The van der Waals surface area contributed by atoms with Gasteiger partial charge in [0.25, 0.3) is 0 Å². The van der Waals surface area contributed by atoms with Gasteiger partial charge in [-0.25, -0.2) is 4.39 Å². The molecule has 0 radical (unpaired) electrons. The van der Waals surface area contributed by atoms with Crippen molar-refractivity contribution in [2.75, 3.05) is 32.7 Å². The van der Waals surface area contributed by atoms with E-state index in [1.807, 2.05) is 0 Å². The molecule has 0 unspecified atom stereocenters. The minimum absolute atomic E-state index is 0.236. The lowest BCUT2D eigenvalue weighted by Crippen LogP contribution is -2.33. The van der Waals surface area contributed by atoms with E-state index in [0.717, 1.165) is 72.7 Å². The molecule has 172 valence electrons. The number of rotatable bonds is 11. The van der Waals surface area contributed by atoms with Gasteiger partial charge in [-0.3, -0.25) is 4.90 Å². The second-order valence-corrected chi connectivity index (χ2v) is 8.80. The van der Waals surface area contributed by atoms with Crippen LogP contribution in [0.1, 0.15) is 42.8 Å². The number of benzene rings is 1. The van der Waals surface area contributed by atoms with Gasteiger partial charge in [0.05, 0.1) is 0 Å². The van der Waals surface area contributed by atoms with Gasteiger partial charge in [0.15, 0.2) is 0 Å². The van der Waals surface area contributed by atoms with Crippen molar-refractivity contribution in [1.29, 1.82) is 0 Å². The second kappa shape index (κ2) is 10.8. The van der Waals surface area contributed by atoms with Gasteiger partial charge in [-0.2, -0.15) is 0 Å². The van der Waals surface area contributed by atoms with Crippen LogP contribution in [0.5, 0.6) is 0 Å². The predicted octanol–water partition coefficient (Wildman–Crippen LogP) is 3.91. The highest BCUT2D eigenvalue weighted by Crippen LogP contribution is 2.20. The fourth-order valence-corrected chi connectivity index (χ4v) is 4.37. The van der Waals surface area contributed by atoms with E-state index in [2.05, 4.69) is 67.1 Å². The van der Waals surface area contributed by atoms with Crippen LogP contribution in [-0.2, 0) is 6.42 Å². The molecule has 3 rings (SSSR count). The van der Waals surface area contributed by atoms with Crippen LogP contribution < -0.4 is 15.9 Å². The third kappa shape index (κ3) is 5.78. The largest absolute Gasteiger partial charge is 0.359 e. The molecular formula is C27H37FN4. The lowest BCUT2D eigenvalue weighted by Gasteiger charge is -2.20. The van der Waals surface area contributed by atoms with Crippen molar-refractivity contribution < 1.29 is 4.39 Å². The van der Waals surface area contributed by atoms with E-state index in [1.165, 1.54) is 28.5 Å². The molecule has 0 aliphatic heterocycles. The molecule has 2 heterocycles. The fraction of sp³-hybridized carbons (Fsp3) is 0.407. The third-order valence-corrected chi connectivity index (χ3v) is 6.13. The summed E-state index contributed by atoms with van der Waals surface area (Å²) in [6.07, 6.45) is 4.20.